The highest BCUT2D eigenvalue weighted by Gasteiger charge is 2.27. The van der Waals surface area contributed by atoms with Crippen LogP contribution in [0.1, 0.15) is 52.7 Å². The van der Waals surface area contributed by atoms with Gasteiger partial charge in [-0.05, 0) is 22.0 Å². The molecule has 0 aliphatic rings. The van der Waals surface area contributed by atoms with Gasteiger partial charge in [0.05, 0.1) is 0 Å². The molecule has 1 aromatic carbocycles. The zero-order chi connectivity index (χ0) is 12.6. The van der Waals surface area contributed by atoms with Gasteiger partial charge in [0, 0.05) is 14.1 Å². The molecule has 0 amide bonds. The van der Waals surface area contributed by atoms with E-state index in [-0.39, 0.29) is 19.6 Å². The van der Waals surface area contributed by atoms with Gasteiger partial charge in [0.1, 0.15) is 0 Å². The van der Waals surface area contributed by atoms with Crippen molar-refractivity contribution in [3.63, 3.8) is 0 Å². The summed E-state index contributed by atoms with van der Waals surface area (Å²) in [6.07, 6.45) is 0. The Bertz CT molecular complexity index is 369. The molecule has 0 spiro atoms. The van der Waals surface area contributed by atoms with E-state index in [1.54, 1.807) is 0 Å². The van der Waals surface area contributed by atoms with Gasteiger partial charge >= 0.3 is 0 Å². The molecule has 0 fully saturated rings. The second-order valence-electron chi connectivity index (χ2n) is 6.34. The first-order valence-corrected chi connectivity index (χ1v) is 6.66. The third-order valence-corrected chi connectivity index (χ3v) is 3.40. The monoisotopic (exact) mass is 238 g/mol. The van der Waals surface area contributed by atoms with Crippen LogP contribution in [0, 0.1) is 0 Å². The Morgan fingerprint density at radius 1 is 0.938 bits per heavy atom. The van der Waals surface area contributed by atoms with Crippen molar-refractivity contribution in [2.24, 2.45) is 0 Å². The number of hydrogen-bond acceptors (Lipinski definition) is 1. The lowest BCUT2D eigenvalue weighted by atomic mass is 9.75. The molecule has 2 heteroatoms. The lowest BCUT2D eigenvalue weighted by molar-refractivity contribution is 0.532. The molecule has 0 bridgehead atoms. The van der Waals surface area contributed by atoms with Crippen LogP contribution in [0.5, 0.6) is 0 Å². The lowest BCUT2D eigenvalue weighted by Crippen LogP contribution is -2.27. The Labute approximate surface area is 101 Å². The normalized spacial score (nSPS) is 13.7. The maximum absolute atomic E-state index is 9.50. The van der Waals surface area contributed by atoms with Crippen LogP contribution in [-0.4, -0.2) is 4.89 Å². The molecule has 0 saturated carbocycles. The first-order chi connectivity index (χ1) is 7.18. The second kappa shape index (κ2) is 4.47. The Morgan fingerprint density at radius 2 is 1.50 bits per heavy atom. The topological polar surface area (TPSA) is 20.2 Å². The van der Waals surface area contributed by atoms with E-state index in [9.17, 15) is 4.89 Å². The summed E-state index contributed by atoms with van der Waals surface area (Å²) in [4.78, 5) is 9.50. The van der Waals surface area contributed by atoms with Gasteiger partial charge in [0.2, 0.25) is 0 Å². The molecule has 0 radical (unpaired) electrons. The summed E-state index contributed by atoms with van der Waals surface area (Å²) in [5, 5.41) is 1.08. The summed E-state index contributed by atoms with van der Waals surface area (Å²) < 4.78 is 0. The largest absolute Gasteiger partial charge is 0.372 e. The summed E-state index contributed by atoms with van der Waals surface area (Å²) in [6, 6.07) is 6.27. The molecule has 0 aromatic heterocycles. The molecule has 0 aliphatic heterocycles. The predicted octanol–water partition coefficient (Wildman–Crippen LogP) is 3.49. The van der Waals surface area contributed by atoms with E-state index >= 15 is 0 Å². The molecule has 16 heavy (non-hydrogen) atoms. The highest BCUT2D eigenvalue weighted by atomic mass is 31.1. The number of benzene rings is 1. The molecular weight excluding hydrogens is 215 g/mol. The molecule has 1 nitrogen and oxygen atoms in total. The molecule has 90 valence electrons. The van der Waals surface area contributed by atoms with Gasteiger partial charge in [-0.3, -0.25) is 0 Å². The zero-order valence-electron chi connectivity index (χ0n) is 11.2. The summed E-state index contributed by atoms with van der Waals surface area (Å²) in [7, 11) is -0.122. The Balaban J connectivity index is 3.51. The maximum Gasteiger partial charge on any atom is 0.0423 e. The quantitative estimate of drug-likeness (QED) is 0.742. The minimum atomic E-state index is -0.122. The van der Waals surface area contributed by atoms with E-state index in [2.05, 4.69) is 47.6 Å². The van der Waals surface area contributed by atoms with Gasteiger partial charge < -0.3 is 4.89 Å². The number of rotatable bonds is 1. The fourth-order valence-electron chi connectivity index (χ4n) is 2.08. The van der Waals surface area contributed by atoms with Crippen molar-refractivity contribution >= 4 is 14.1 Å². The molecule has 0 aliphatic carbocycles. The summed E-state index contributed by atoms with van der Waals surface area (Å²) in [5.74, 6) is 0. The average molecular weight is 238 g/mol. The SMILES string of the molecule is CC(C)(C)c1cccc(PO)c1C(C)(C)C. The highest BCUT2D eigenvalue weighted by molar-refractivity contribution is 7.41. The first-order valence-electron chi connectivity index (χ1n) is 5.72. The van der Waals surface area contributed by atoms with Crippen molar-refractivity contribution in [3.05, 3.63) is 29.3 Å². The van der Waals surface area contributed by atoms with Gasteiger partial charge in [-0.15, -0.1) is 0 Å². The van der Waals surface area contributed by atoms with Crippen molar-refractivity contribution in [2.45, 2.75) is 52.4 Å². The minimum absolute atomic E-state index is 0.0783. The lowest BCUT2D eigenvalue weighted by Gasteiger charge is -2.31. The van der Waals surface area contributed by atoms with Gasteiger partial charge in [-0.1, -0.05) is 59.7 Å². The van der Waals surface area contributed by atoms with Gasteiger partial charge in [-0.2, -0.15) is 0 Å². The molecule has 1 rings (SSSR count). The molecular formula is C14H23OP. The smallest absolute Gasteiger partial charge is 0.0423 e. The maximum atomic E-state index is 9.50. The third kappa shape index (κ3) is 2.84. The third-order valence-electron chi connectivity index (χ3n) is 2.74. The van der Waals surface area contributed by atoms with E-state index < -0.39 is 0 Å². The Hall–Kier alpha value is -0.390. The Kier molecular flexibility index (Phi) is 3.82. The zero-order valence-corrected chi connectivity index (χ0v) is 12.2. The minimum Gasteiger partial charge on any atom is -0.372 e. The van der Waals surface area contributed by atoms with E-state index in [1.165, 1.54) is 11.1 Å². The first kappa shape index (κ1) is 13.7. The summed E-state index contributed by atoms with van der Waals surface area (Å²) >= 11 is 0. The summed E-state index contributed by atoms with van der Waals surface area (Å²) in [6.45, 7) is 13.3. The fourth-order valence-corrected chi connectivity index (χ4v) is 2.87. The van der Waals surface area contributed by atoms with E-state index in [0.717, 1.165) is 5.30 Å². The van der Waals surface area contributed by atoms with Crippen LogP contribution >= 0.6 is 8.81 Å². The Morgan fingerprint density at radius 3 is 1.88 bits per heavy atom. The average Bonchev–Trinajstić information content (AvgIpc) is 2.13. The van der Waals surface area contributed by atoms with Gasteiger partial charge in [0.15, 0.2) is 0 Å². The van der Waals surface area contributed by atoms with Crippen molar-refractivity contribution in [2.75, 3.05) is 0 Å². The standard InChI is InChI=1S/C14H23OP/c1-13(2,3)10-8-7-9-11(16-15)12(10)14(4,5)6/h7-9,15-16H,1-6H3. The summed E-state index contributed by atoms with van der Waals surface area (Å²) in [5.41, 5.74) is 2.86. The van der Waals surface area contributed by atoms with Crippen LogP contribution in [0.4, 0.5) is 0 Å². The van der Waals surface area contributed by atoms with Crippen LogP contribution in [0.2, 0.25) is 0 Å². The predicted molar refractivity (Wildman–Crippen MR) is 74.0 cm³/mol. The van der Waals surface area contributed by atoms with Crippen LogP contribution in [0.15, 0.2) is 18.2 Å². The number of hydrogen-bond donors (Lipinski definition) is 1. The van der Waals surface area contributed by atoms with Crippen molar-refractivity contribution in [3.8, 4) is 0 Å². The van der Waals surface area contributed by atoms with E-state index in [4.69, 9.17) is 0 Å². The van der Waals surface area contributed by atoms with Crippen molar-refractivity contribution in [1.29, 1.82) is 0 Å². The van der Waals surface area contributed by atoms with Gasteiger partial charge in [0.25, 0.3) is 0 Å². The van der Waals surface area contributed by atoms with Crippen LogP contribution < -0.4 is 5.30 Å². The molecule has 1 aromatic rings. The van der Waals surface area contributed by atoms with Crippen molar-refractivity contribution < 1.29 is 4.89 Å². The molecule has 1 unspecified atom stereocenters. The fraction of sp³-hybridized carbons (Fsp3) is 0.571. The van der Waals surface area contributed by atoms with E-state index in [1.807, 2.05) is 12.1 Å². The molecule has 1 atom stereocenters. The molecule has 1 N–H and O–H groups in total. The van der Waals surface area contributed by atoms with Crippen LogP contribution in [0.25, 0.3) is 0 Å². The molecule has 0 saturated heterocycles. The van der Waals surface area contributed by atoms with Crippen LogP contribution in [-0.2, 0) is 10.8 Å². The van der Waals surface area contributed by atoms with Crippen molar-refractivity contribution in [1.82, 2.24) is 0 Å². The second-order valence-corrected chi connectivity index (χ2v) is 7.10. The van der Waals surface area contributed by atoms with E-state index in [0.29, 0.717) is 0 Å². The van der Waals surface area contributed by atoms with Gasteiger partial charge in [-0.25, -0.2) is 0 Å². The molecule has 0 heterocycles. The van der Waals surface area contributed by atoms with Crippen LogP contribution in [0.3, 0.4) is 0 Å². The highest BCUT2D eigenvalue weighted by Crippen LogP contribution is 2.34.